The van der Waals surface area contributed by atoms with Crippen molar-refractivity contribution >= 4 is 17.9 Å². The zero-order valence-electron chi connectivity index (χ0n) is 12.2. The SMILES string of the molecule is CC(CC(=O)O)CC(=O)NC(=O)N(C)Cc1ccccc1. The molecular weight excluding hydrogens is 272 g/mol. The van der Waals surface area contributed by atoms with Crippen LogP contribution < -0.4 is 5.32 Å². The number of nitrogens with one attached hydrogen (secondary N) is 1. The predicted octanol–water partition coefficient (Wildman–Crippen LogP) is 1.86. The van der Waals surface area contributed by atoms with Gasteiger partial charge in [-0.3, -0.25) is 14.9 Å². The molecule has 1 aromatic carbocycles. The molecule has 1 rings (SSSR count). The fraction of sp³-hybridized carbons (Fsp3) is 0.400. The molecule has 1 unspecified atom stereocenters. The van der Waals surface area contributed by atoms with Crippen molar-refractivity contribution < 1.29 is 19.5 Å². The molecule has 2 N–H and O–H groups in total. The highest BCUT2D eigenvalue weighted by Crippen LogP contribution is 2.07. The smallest absolute Gasteiger partial charge is 0.324 e. The molecule has 1 aromatic rings. The molecule has 1 atom stereocenters. The zero-order valence-corrected chi connectivity index (χ0v) is 12.2. The van der Waals surface area contributed by atoms with E-state index in [1.165, 1.54) is 4.90 Å². The Morgan fingerprint density at radius 2 is 1.81 bits per heavy atom. The van der Waals surface area contributed by atoms with Gasteiger partial charge in [-0.15, -0.1) is 0 Å². The van der Waals surface area contributed by atoms with Crippen molar-refractivity contribution in [2.24, 2.45) is 5.92 Å². The Kier molecular flexibility index (Phi) is 6.39. The van der Waals surface area contributed by atoms with Crippen LogP contribution in [0.3, 0.4) is 0 Å². The molecule has 0 bridgehead atoms. The lowest BCUT2D eigenvalue weighted by atomic mass is 10.0. The highest BCUT2D eigenvalue weighted by Gasteiger charge is 2.16. The van der Waals surface area contributed by atoms with Gasteiger partial charge in [0, 0.05) is 26.4 Å². The summed E-state index contributed by atoms with van der Waals surface area (Å²) in [4.78, 5) is 35.4. The summed E-state index contributed by atoms with van der Waals surface area (Å²) in [6.07, 6.45) is -0.0846. The number of nitrogens with zero attached hydrogens (tertiary/aromatic N) is 1. The van der Waals surface area contributed by atoms with Crippen molar-refractivity contribution in [1.29, 1.82) is 0 Å². The lowest BCUT2D eigenvalue weighted by molar-refractivity contribution is -0.138. The fourth-order valence-corrected chi connectivity index (χ4v) is 1.88. The van der Waals surface area contributed by atoms with Crippen LogP contribution in [0.4, 0.5) is 4.79 Å². The first-order valence-electron chi connectivity index (χ1n) is 6.69. The van der Waals surface area contributed by atoms with Crippen LogP contribution in [0.15, 0.2) is 30.3 Å². The van der Waals surface area contributed by atoms with Gasteiger partial charge in [0.15, 0.2) is 0 Å². The van der Waals surface area contributed by atoms with Crippen molar-refractivity contribution in [2.45, 2.75) is 26.3 Å². The Morgan fingerprint density at radius 1 is 1.19 bits per heavy atom. The number of carbonyl (C=O) groups excluding carboxylic acids is 2. The van der Waals surface area contributed by atoms with Gasteiger partial charge in [0.1, 0.15) is 0 Å². The third-order valence-corrected chi connectivity index (χ3v) is 2.91. The number of carboxylic acids is 1. The lowest BCUT2D eigenvalue weighted by Gasteiger charge is -2.18. The highest BCUT2D eigenvalue weighted by molar-refractivity contribution is 5.94. The van der Waals surface area contributed by atoms with E-state index >= 15 is 0 Å². The molecule has 6 nitrogen and oxygen atoms in total. The molecule has 6 heteroatoms. The molecule has 21 heavy (non-hydrogen) atoms. The molecule has 3 amide bonds. The Labute approximate surface area is 123 Å². The topological polar surface area (TPSA) is 86.7 Å². The van der Waals surface area contributed by atoms with E-state index in [1.54, 1.807) is 14.0 Å². The van der Waals surface area contributed by atoms with Crippen molar-refractivity contribution in [3.8, 4) is 0 Å². The number of benzene rings is 1. The summed E-state index contributed by atoms with van der Waals surface area (Å²) in [5.41, 5.74) is 0.960. The van der Waals surface area contributed by atoms with E-state index in [2.05, 4.69) is 5.32 Å². The average Bonchev–Trinajstić information content (AvgIpc) is 2.38. The van der Waals surface area contributed by atoms with E-state index in [1.807, 2.05) is 30.3 Å². The molecule has 0 radical (unpaired) electrons. The van der Waals surface area contributed by atoms with Crippen LogP contribution in [0.5, 0.6) is 0 Å². The van der Waals surface area contributed by atoms with Crippen LogP contribution in [0.1, 0.15) is 25.3 Å². The Hall–Kier alpha value is -2.37. The van der Waals surface area contributed by atoms with Crippen LogP contribution in [0.25, 0.3) is 0 Å². The second kappa shape index (κ2) is 8.04. The Balaban J connectivity index is 2.41. The first kappa shape index (κ1) is 16.7. The van der Waals surface area contributed by atoms with Crippen LogP contribution >= 0.6 is 0 Å². The molecule has 114 valence electrons. The largest absolute Gasteiger partial charge is 0.481 e. The molecule has 0 heterocycles. The number of amides is 3. The molecular formula is C15H20N2O4. The third kappa shape index (κ3) is 6.56. The van der Waals surface area contributed by atoms with Crippen LogP contribution in [0.2, 0.25) is 0 Å². The fourth-order valence-electron chi connectivity index (χ4n) is 1.88. The number of aliphatic carboxylic acids is 1. The summed E-state index contributed by atoms with van der Waals surface area (Å²) in [6.45, 7) is 2.05. The Bertz CT molecular complexity index is 502. The standard InChI is InChI=1S/C15H20N2O4/c1-11(9-14(19)20)8-13(18)16-15(21)17(2)10-12-6-4-3-5-7-12/h3-7,11H,8-10H2,1-2H3,(H,19,20)(H,16,18,21). The number of carbonyl (C=O) groups is 3. The van der Waals surface area contributed by atoms with E-state index in [9.17, 15) is 14.4 Å². The summed E-state index contributed by atoms with van der Waals surface area (Å²) in [7, 11) is 1.59. The van der Waals surface area contributed by atoms with Crippen molar-refractivity contribution in [3.63, 3.8) is 0 Å². The van der Waals surface area contributed by atoms with Crippen molar-refractivity contribution in [1.82, 2.24) is 10.2 Å². The minimum absolute atomic E-state index is 0.0111. The highest BCUT2D eigenvalue weighted by atomic mass is 16.4. The average molecular weight is 292 g/mol. The molecule has 0 spiro atoms. The van der Waals surface area contributed by atoms with Gasteiger partial charge in [-0.05, 0) is 11.5 Å². The maximum atomic E-state index is 11.8. The van der Waals surface area contributed by atoms with Crippen molar-refractivity contribution in [3.05, 3.63) is 35.9 Å². The number of carboxylic acid groups (broad SMARTS) is 1. The minimum Gasteiger partial charge on any atom is -0.481 e. The van der Waals surface area contributed by atoms with Gasteiger partial charge in [-0.1, -0.05) is 37.3 Å². The number of urea groups is 1. The summed E-state index contributed by atoms with van der Waals surface area (Å²) in [6, 6.07) is 8.92. The number of rotatable bonds is 6. The molecule has 0 aliphatic heterocycles. The molecule has 0 aliphatic carbocycles. The van der Waals surface area contributed by atoms with Gasteiger partial charge in [0.05, 0.1) is 0 Å². The number of hydrogen-bond donors (Lipinski definition) is 2. The lowest BCUT2D eigenvalue weighted by Crippen LogP contribution is -2.40. The van der Waals surface area contributed by atoms with Crippen LogP contribution in [-0.4, -0.2) is 35.0 Å². The summed E-state index contributed by atoms with van der Waals surface area (Å²) in [5, 5.41) is 10.9. The maximum absolute atomic E-state index is 11.8. The van der Waals surface area contributed by atoms with E-state index < -0.39 is 17.9 Å². The number of hydrogen-bond acceptors (Lipinski definition) is 3. The van der Waals surface area contributed by atoms with Gasteiger partial charge in [0.25, 0.3) is 0 Å². The molecule has 0 saturated heterocycles. The first-order chi connectivity index (χ1) is 9.88. The minimum atomic E-state index is -0.956. The number of imide groups is 1. The Morgan fingerprint density at radius 3 is 2.38 bits per heavy atom. The second-order valence-electron chi connectivity index (χ2n) is 5.10. The summed E-state index contributed by atoms with van der Waals surface area (Å²) < 4.78 is 0. The van der Waals surface area contributed by atoms with E-state index in [0.29, 0.717) is 6.54 Å². The molecule has 0 aromatic heterocycles. The monoisotopic (exact) mass is 292 g/mol. The van der Waals surface area contributed by atoms with E-state index in [0.717, 1.165) is 5.56 Å². The second-order valence-corrected chi connectivity index (χ2v) is 5.10. The van der Waals surface area contributed by atoms with Gasteiger partial charge >= 0.3 is 12.0 Å². The quantitative estimate of drug-likeness (QED) is 0.837. The van der Waals surface area contributed by atoms with Gasteiger partial charge in [0.2, 0.25) is 5.91 Å². The molecule has 0 aliphatic rings. The summed E-state index contributed by atoms with van der Waals surface area (Å²) in [5.74, 6) is -1.73. The first-order valence-corrected chi connectivity index (χ1v) is 6.69. The van der Waals surface area contributed by atoms with Gasteiger partial charge in [-0.2, -0.15) is 0 Å². The van der Waals surface area contributed by atoms with Gasteiger partial charge in [-0.25, -0.2) is 4.79 Å². The third-order valence-electron chi connectivity index (χ3n) is 2.91. The van der Waals surface area contributed by atoms with Gasteiger partial charge < -0.3 is 10.0 Å². The molecule has 0 fully saturated rings. The van der Waals surface area contributed by atoms with Crippen LogP contribution in [-0.2, 0) is 16.1 Å². The van der Waals surface area contributed by atoms with Crippen molar-refractivity contribution in [2.75, 3.05) is 7.05 Å². The maximum Gasteiger partial charge on any atom is 0.324 e. The normalized spacial score (nSPS) is 11.5. The zero-order chi connectivity index (χ0) is 15.8. The predicted molar refractivity (Wildman–Crippen MR) is 77.5 cm³/mol. The summed E-state index contributed by atoms with van der Waals surface area (Å²) >= 11 is 0. The van der Waals surface area contributed by atoms with Crippen LogP contribution in [0, 0.1) is 5.92 Å². The van der Waals surface area contributed by atoms with E-state index in [-0.39, 0.29) is 18.8 Å². The van der Waals surface area contributed by atoms with E-state index in [4.69, 9.17) is 5.11 Å². The molecule has 0 saturated carbocycles.